The first kappa shape index (κ1) is 13.3. The monoisotopic (exact) mass is 307 g/mol. The Labute approximate surface area is 132 Å². The summed E-state index contributed by atoms with van der Waals surface area (Å²) in [5.41, 5.74) is 3.32. The minimum absolute atomic E-state index is 0.560. The lowest BCUT2D eigenvalue weighted by Gasteiger charge is -2.07. The van der Waals surface area contributed by atoms with E-state index < -0.39 is 0 Å². The quantitative estimate of drug-likeness (QED) is 0.690. The molecule has 4 nitrogen and oxygen atoms in total. The van der Waals surface area contributed by atoms with E-state index in [1.54, 1.807) is 25.2 Å². The lowest BCUT2D eigenvalue weighted by molar-refractivity contribution is 0.399. The minimum atomic E-state index is 0.560. The van der Waals surface area contributed by atoms with Crippen molar-refractivity contribution in [1.82, 2.24) is 15.0 Å². The summed E-state index contributed by atoms with van der Waals surface area (Å²) in [6, 6.07) is 10.3. The molecule has 3 aromatic rings. The number of aromatic nitrogens is 3. The molecule has 1 aromatic carbocycles. The number of nitrogens with zero attached hydrogens (tertiary/aromatic N) is 3. The van der Waals surface area contributed by atoms with Gasteiger partial charge in [-0.3, -0.25) is 0 Å². The van der Waals surface area contributed by atoms with Crippen LogP contribution in [0.25, 0.3) is 17.1 Å². The van der Waals surface area contributed by atoms with Crippen molar-refractivity contribution in [3.05, 3.63) is 53.9 Å². The molecule has 2 heterocycles. The molecule has 0 saturated heterocycles. The van der Waals surface area contributed by atoms with Crippen molar-refractivity contribution < 1.29 is 4.74 Å². The fraction of sp³-hybridized carbons (Fsp3) is 0.118. The van der Waals surface area contributed by atoms with Crippen LogP contribution in [0.5, 0.6) is 5.88 Å². The van der Waals surface area contributed by atoms with Crippen LogP contribution in [0.3, 0.4) is 0 Å². The van der Waals surface area contributed by atoms with Crippen LogP contribution in [0.15, 0.2) is 52.7 Å². The van der Waals surface area contributed by atoms with Crippen molar-refractivity contribution in [1.29, 1.82) is 0 Å². The maximum Gasteiger partial charge on any atom is 0.215 e. The molecule has 1 aliphatic rings. The van der Waals surface area contributed by atoms with Crippen molar-refractivity contribution in [3.8, 4) is 5.88 Å². The third-order valence-electron chi connectivity index (χ3n) is 3.61. The molecule has 5 heteroatoms. The van der Waals surface area contributed by atoms with E-state index in [0.29, 0.717) is 11.5 Å². The molecule has 0 spiro atoms. The maximum atomic E-state index is 5.14. The molecule has 1 aliphatic carbocycles. The smallest absolute Gasteiger partial charge is 0.215 e. The highest BCUT2D eigenvalue weighted by Gasteiger charge is 2.10. The molecule has 0 atom stereocenters. The number of benzene rings is 1. The maximum absolute atomic E-state index is 5.14. The predicted octanol–water partition coefficient (Wildman–Crippen LogP) is 3.75. The van der Waals surface area contributed by atoms with Gasteiger partial charge in [-0.1, -0.05) is 30.0 Å². The molecule has 22 heavy (non-hydrogen) atoms. The SMILES string of the molecule is COc1ccc2c(Sc3ccc4c(c3)C=CC4)ncnc2n1. The van der Waals surface area contributed by atoms with Crippen molar-refractivity contribution in [2.24, 2.45) is 0 Å². The summed E-state index contributed by atoms with van der Waals surface area (Å²) in [5.74, 6) is 0.560. The number of pyridine rings is 1. The van der Waals surface area contributed by atoms with Crippen LogP contribution in [0.1, 0.15) is 11.1 Å². The number of hydrogen-bond donors (Lipinski definition) is 0. The van der Waals surface area contributed by atoms with Gasteiger partial charge < -0.3 is 4.74 Å². The molecule has 4 rings (SSSR count). The molecular formula is C17H13N3OS. The number of ether oxygens (including phenoxy) is 1. The first-order chi connectivity index (χ1) is 10.8. The first-order valence-electron chi connectivity index (χ1n) is 6.96. The minimum Gasteiger partial charge on any atom is -0.481 e. The summed E-state index contributed by atoms with van der Waals surface area (Å²) in [7, 11) is 1.60. The van der Waals surface area contributed by atoms with E-state index in [4.69, 9.17) is 4.74 Å². The van der Waals surface area contributed by atoms with Crippen LogP contribution in [0, 0.1) is 0 Å². The Balaban J connectivity index is 1.73. The van der Waals surface area contributed by atoms with Gasteiger partial charge in [0.2, 0.25) is 5.88 Å². The first-order valence-corrected chi connectivity index (χ1v) is 7.78. The Morgan fingerprint density at radius 3 is 3.00 bits per heavy atom. The topological polar surface area (TPSA) is 47.9 Å². The Bertz CT molecular complexity index is 892. The molecule has 0 saturated carbocycles. The predicted molar refractivity (Wildman–Crippen MR) is 87.2 cm³/mol. The van der Waals surface area contributed by atoms with Crippen LogP contribution >= 0.6 is 11.8 Å². The van der Waals surface area contributed by atoms with E-state index in [1.807, 2.05) is 12.1 Å². The second-order valence-electron chi connectivity index (χ2n) is 4.97. The molecular weight excluding hydrogens is 294 g/mol. The molecule has 2 aromatic heterocycles. The van der Waals surface area contributed by atoms with Gasteiger partial charge in [-0.25, -0.2) is 9.97 Å². The highest BCUT2D eigenvalue weighted by molar-refractivity contribution is 7.99. The number of methoxy groups -OCH3 is 1. The Morgan fingerprint density at radius 1 is 1.14 bits per heavy atom. The largest absolute Gasteiger partial charge is 0.481 e. The van der Waals surface area contributed by atoms with Crippen molar-refractivity contribution in [3.63, 3.8) is 0 Å². The van der Waals surface area contributed by atoms with E-state index in [-0.39, 0.29) is 0 Å². The van der Waals surface area contributed by atoms with E-state index in [0.717, 1.165) is 16.8 Å². The molecule has 0 radical (unpaired) electrons. The molecule has 0 amide bonds. The number of allylic oxidation sites excluding steroid dienone is 1. The Kier molecular flexibility index (Phi) is 3.27. The van der Waals surface area contributed by atoms with E-state index in [2.05, 4.69) is 45.3 Å². The van der Waals surface area contributed by atoms with E-state index in [9.17, 15) is 0 Å². The Hall–Kier alpha value is -2.40. The summed E-state index contributed by atoms with van der Waals surface area (Å²) in [4.78, 5) is 14.2. The van der Waals surface area contributed by atoms with Gasteiger partial charge in [-0.15, -0.1) is 0 Å². The standard InChI is InChI=1S/C17H13N3OS/c1-21-15-8-7-14-16(20-15)18-10-19-17(14)22-13-6-5-11-3-2-4-12(11)9-13/h2,4-10H,3H2,1H3. The second kappa shape index (κ2) is 5.42. The second-order valence-corrected chi connectivity index (χ2v) is 6.04. The van der Waals surface area contributed by atoms with Gasteiger partial charge in [-0.2, -0.15) is 4.98 Å². The summed E-state index contributed by atoms with van der Waals surface area (Å²) in [5, 5.41) is 1.84. The summed E-state index contributed by atoms with van der Waals surface area (Å²) < 4.78 is 5.14. The van der Waals surface area contributed by atoms with Gasteiger partial charge in [0.05, 0.1) is 12.5 Å². The van der Waals surface area contributed by atoms with Crippen molar-refractivity contribution >= 4 is 28.9 Å². The van der Waals surface area contributed by atoms with Crippen molar-refractivity contribution in [2.45, 2.75) is 16.3 Å². The fourth-order valence-electron chi connectivity index (χ4n) is 2.50. The molecule has 0 fully saturated rings. The molecule has 0 bridgehead atoms. The molecule has 0 aliphatic heterocycles. The van der Waals surface area contributed by atoms with E-state index in [1.165, 1.54) is 16.0 Å². The van der Waals surface area contributed by atoms with Gasteiger partial charge in [0.25, 0.3) is 0 Å². The highest BCUT2D eigenvalue weighted by atomic mass is 32.2. The van der Waals surface area contributed by atoms with Gasteiger partial charge >= 0.3 is 0 Å². The zero-order valence-electron chi connectivity index (χ0n) is 12.0. The van der Waals surface area contributed by atoms with Gasteiger partial charge in [-0.05, 0) is 35.7 Å². The van der Waals surface area contributed by atoms with Gasteiger partial charge in [0.15, 0.2) is 5.65 Å². The zero-order valence-corrected chi connectivity index (χ0v) is 12.8. The van der Waals surface area contributed by atoms with Crippen LogP contribution in [0.4, 0.5) is 0 Å². The van der Waals surface area contributed by atoms with Crippen LogP contribution < -0.4 is 4.74 Å². The average molecular weight is 307 g/mol. The average Bonchev–Trinajstić information content (AvgIpc) is 3.02. The number of hydrogen-bond acceptors (Lipinski definition) is 5. The van der Waals surface area contributed by atoms with Gasteiger partial charge in [0.1, 0.15) is 11.4 Å². The summed E-state index contributed by atoms with van der Waals surface area (Å²) in [6.07, 6.45) is 6.93. The molecule has 0 unspecified atom stereocenters. The normalized spacial score (nSPS) is 12.6. The lowest BCUT2D eigenvalue weighted by Crippen LogP contribution is -1.93. The van der Waals surface area contributed by atoms with Crippen LogP contribution in [-0.4, -0.2) is 22.1 Å². The zero-order chi connectivity index (χ0) is 14.9. The van der Waals surface area contributed by atoms with Crippen LogP contribution in [-0.2, 0) is 6.42 Å². The lowest BCUT2D eigenvalue weighted by atomic mass is 10.1. The molecule has 108 valence electrons. The van der Waals surface area contributed by atoms with Crippen LogP contribution in [0.2, 0.25) is 0 Å². The van der Waals surface area contributed by atoms with Crippen molar-refractivity contribution in [2.75, 3.05) is 7.11 Å². The highest BCUT2D eigenvalue weighted by Crippen LogP contribution is 2.33. The fourth-order valence-corrected chi connectivity index (χ4v) is 3.41. The number of rotatable bonds is 3. The third kappa shape index (κ3) is 2.33. The molecule has 0 N–H and O–H groups in total. The summed E-state index contributed by atoms with van der Waals surface area (Å²) in [6.45, 7) is 0. The van der Waals surface area contributed by atoms with E-state index >= 15 is 0 Å². The van der Waals surface area contributed by atoms with Gasteiger partial charge in [0, 0.05) is 11.0 Å². The third-order valence-corrected chi connectivity index (χ3v) is 4.62. The number of fused-ring (bicyclic) bond motifs is 2. The summed E-state index contributed by atoms with van der Waals surface area (Å²) >= 11 is 1.63. The Morgan fingerprint density at radius 2 is 2.09 bits per heavy atom.